The van der Waals surface area contributed by atoms with Crippen LogP contribution >= 0.6 is 0 Å². The van der Waals surface area contributed by atoms with Crippen LogP contribution in [0.15, 0.2) is 132 Å². The van der Waals surface area contributed by atoms with Crippen LogP contribution in [0.5, 0.6) is 0 Å². The van der Waals surface area contributed by atoms with Crippen LogP contribution in [0.4, 0.5) is 0 Å². The van der Waals surface area contributed by atoms with E-state index in [-0.39, 0.29) is 24.8 Å². The number of hydrogen-bond acceptors (Lipinski definition) is 0. The third kappa shape index (κ3) is 5.29. The SMILES string of the molecule is CC(C)C1=Cc2c(-c3cccc4ccccc34)cccc2[CH]1[Ti+2]1([CH]2C(C(C)C)=Cc3c(-c4cccc5ccccc45)cccc32)[CH2]C[CH2]1.[Cl-].[Cl-]. The van der Waals surface area contributed by atoms with E-state index in [4.69, 9.17) is 0 Å². The van der Waals surface area contributed by atoms with Gasteiger partial charge in [-0.15, -0.1) is 0 Å². The molecule has 1 saturated heterocycles. The molecule has 50 heavy (non-hydrogen) atoms. The van der Waals surface area contributed by atoms with Crippen LogP contribution < -0.4 is 24.8 Å². The summed E-state index contributed by atoms with van der Waals surface area (Å²) in [6.07, 6.45) is 6.71. The molecule has 1 heterocycles. The summed E-state index contributed by atoms with van der Waals surface area (Å²) in [5.74, 6) is 1.06. The van der Waals surface area contributed by atoms with Crippen molar-refractivity contribution in [3.8, 4) is 22.3 Å². The zero-order valence-corrected chi connectivity index (χ0v) is 32.5. The fourth-order valence-electron chi connectivity index (χ4n) is 9.85. The third-order valence-electron chi connectivity index (χ3n) is 12.1. The number of hydrogen-bond donors (Lipinski definition) is 0. The van der Waals surface area contributed by atoms with Gasteiger partial charge in [0.15, 0.2) is 0 Å². The van der Waals surface area contributed by atoms with Crippen molar-refractivity contribution in [1.82, 2.24) is 0 Å². The average molecular weight is 728 g/mol. The van der Waals surface area contributed by atoms with Crippen molar-refractivity contribution in [3.05, 3.63) is 155 Å². The number of rotatable bonds is 6. The Kier molecular flexibility index (Phi) is 9.55. The first kappa shape index (κ1) is 35.0. The maximum atomic E-state index is 2.66. The minimum Gasteiger partial charge on any atom is -1.00 e. The van der Waals surface area contributed by atoms with Crippen LogP contribution in [0, 0.1) is 11.8 Å². The fraction of sp³-hybridized carbons (Fsp3) is 0.234. The molecule has 250 valence electrons. The van der Waals surface area contributed by atoms with E-state index in [1.54, 1.807) is 22.3 Å². The van der Waals surface area contributed by atoms with E-state index < -0.39 is 16.6 Å². The van der Waals surface area contributed by atoms with E-state index in [1.807, 2.05) is 0 Å². The normalized spacial score (nSPS) is 18.0. The van der Waals surface area contributed by atoms with Gasteiger partial charge in [0, 0.05) is 0 Å². The van der Waals surface area contributed by atoms with Crippen molar-refractivity contribution in [2.24, 2.45) is 11.8 Å². The Balaban J connectivity index is 0.00000196. The predicted molar refractivity (Wildman–Crippen MR) is 204 cm³/mol. The molecule has 0 nitrogen and oxygen atoms in total. The molecular formula is C47H44Cl2Ti. The minimum atomic E-state index is -2.65. The molecule has 3 heteroatoms. The second-order valence-electron chi connectivity index (χ2n) is 15.2. The summed E-state index contributed by atoms with van der Waals surface area (Å²) in [7, 11) is 0. The van der Waals surface area contributed by atoms with Gasteiger partial charge in [-0.2, -0.15) is 0 Å². The van der Waals surface area contributed by atoms with E-state index >= 15 is 0 Å². The Morgan fingerprint density at radius 2 is 0.840 bits per heavy atom. The molecule has 0 spiro atoms. The second kappa shape index (κ2) is 13.6. The summed E-state index contributed by atoms with van der Waals surface area (Å²) >= 11 is -2.65. The van der Waals surface area contributed by atoms with Crippen LogP contribution in [0.1, 0.15) is 64.8 Å². The van der Waals surface area contributed by atoms with Gasteiger partial charge in [-0.05, 0) is 0 Å². The number of allylic oxidation sites excluding steroid dienone is 2. The van der Waals surface area contributed by atoms with E-state index in [2.05, 4.69) is 161 Å². The maximum Gasteiger partial charge on any atom is -1.00 e. The quantitative estimate of drug-likeness (QED) is 0.155. The van der Waals surface area contributed by atoms with Gasteiger partial charge < -0.3 is 24.8 Å². The molecule has 2 aliphatic carbocycles. The van der Waals surface area contributed by atoms with Crippen molar-refractivity contribution < 1.29 is 41.4 Å². The smallest absolute Gasteiger partial charge is 1.00 e. The Hall–Kier alpha value is -3.39. The minimum absolute atomic E-state index is 0. The second-order valence-corrected chi connectivity index (χ2v) is 22.4. The molecule has 0 amide bonds. The first-order valence-electron chi connectivity index (χ1n) is 18.1. The van der Waals surface area contributed by atoms with Crippen molar-refractivity contribution in [3.63, 3.8) is 0 Å². The van der Waals surface area contributed by atoms with Crippen LogP contribution in [-0.2, 0) is 16.6 Å². The first-order chi connectivity index (χ1) is 23.5. The van der Waals surface area contributed by atoms with Crippen LogP contribution in [0.25, 0.3) is 56.0 Å². The summed E-state index contributed by atoms with van der Waals surface area (Å²) in [5, 5.41) is 5.35. The van der Waals surface area contributed by atoms with Crippen molar-refractivity contribution in [2.45, 2.75) is 52.0 Å². The Bertz CT molecular complexity index is 2140. The Labute approximate surface area is 313 Å². The third-order valence-corrected chi connectivity index (χ3v) is 21.7. The first-order valence-corrected chi connectivity index (χ1v) is 22.1. The van der Waals surface area contributed by atoms with Crippen LogP contribution in [0.3, 0.4) is 0 Å². The molecule has 2 atom stereocenters. The molecule has 6 aromatic rings. The molecule has 0 bridgehead atoms. The summed E-state index contributed by atoms with van der Waals surface area (Å²) in [6.45, 7) is 9.82. The van der Waals surface area contributed by atoms with Gasteiger partial charge in [0.1, 0.15) is 0 Å². The molecule has 1 fully saturated rings. The zero-order chi connectivity index (χ0) is 32.6. The molecular weight excluding hydrogens is 683 g/mol. The van der Waals surface area contributed by atoms with Crippen molar-refractivity contribution in [1.29, 1.82) is 0 Å². The molecule has 0 saturated carbocycles. The standard InChI is InChI=1S/2C22H19.C3H6.2ClH.Ti/c2*1-15(2)18-13-17-9-6-12-21(22(17)14-18)20-11-5-8-16-7-3-4-10-19(16)20;1-3-2;;;/h2*3-15H,1-2H3;1-3H2;2*1H;/q;;;;;+2/p-2. The van der Waals surface area contributed by atoms with Gasteiger partial charge in [0.25, 0.3) is 0 Å². The maximum absolute atomic E-state index is 2.66. The predicted octanol–water partition coefficient (Wildman–Crippen LogP) is 7.62. The Morgan fingerprint density at radius 1 is 0.460 bits per heavy atom. The molecule has 0 N–H and O–H groups in total. The van der Waals surface area contributed by atoms with Crippen LogP contribution in [-0.4, -0.2) is 0 Å². The van der Waals surface area contributed by atoms with Gasteiger partial charge in [-0.1, -0.05) is 0 Å². The van der Waals surface area contributed by atoms with Crippen molar-refractivity contribution >= 4 is 33.7 Å². The number of halogens is 2. The molecule has 3 aliphatic rings. The van der Waals surface area contributed by atoms with E-state index in [0.717, 1.165) is 0 Å². The van der Waals surface area contributed by atoms with Crippen LogP contribution in [0.2, 0.25) is 9.45 Å². The van der Waals surface area contributed by atoms with Gasteiger partial charge in [-0.25, -0.2) is 0 Å². The van der Waals surface area contributed by atoms with Gasteiger partial charge in [0.05, 0.1) is 0 Å². The van der Waals surface area contributed by atoms with Crippen molar-refractivity contribution in [2.75, 3.05) is 0 Å². The van der Waals surface area contributed by atoms with Gasteiger partial charge in [0.2, 0.25) is 0 Å². The average Bonchev–Trinajstić information content (AvgIpc) is 3.68. The van der Waals surface area contributed by atoms with E-state index in [0.29, 0.717) is 20.3 Å². The Morgan fingerprint density at radius 3 is 1.24 bits per heavy atom. The largest absolute Gasteiger partial charge is 1.00 e. The van der Waals surface area contributed by atoms with E-state index in [1.165, 1.54) is 70.8 Å². The molecule has 1 aliphatic heterocycles. The molecule has 2 unspecified atom stereocenters. The topological polar surface area (TPSA) is 0 Å². The van der Waals surface area contributed by atoms with Gasteiger partial charge >= 0.3 is 291 Å². The zero-order valence-electron chi connectivity index (χ0n) is 29.4. The summed E-state index contributed by atoms with van der Waals surface area (Å²) in [6, 6.07) is 46.0. The molecule has 6 aromatic carbocycles. The van der Waals surface area contributed by atoms with Gasteiger partial charge in [-0.3, -0.25) is 0 Å². The molecule has 0 aromatic heterocycles. The monoisotopic (exact) mass is 726 g/mol. The summed E-state index contributed by atoms with van der Waals surface area (Å²) in [5.41, 5.74) is 15.2. The number of benzene rings is 6. The molecule has 9 rings (SSSR count). The summed E-state index contributed by atoms with van der Waals surface area (Å²) in [4.78, 5) is 0. The van der Waals surface area contributed by atoms with E-state index in [9.17, 15) is 0 Å². The molecule has 0 radical (unpaired) electrons. The summed E-state index contributed by atoms with van der Waals surface area (Å²) < 4.78 is 4.12. The number of fused-ring (bicyclic) bond motifs is 4. The fourth-order valence-corrected chi connectivity index (χ4v) is 20.1.